The largest absolute Gasteiger partial charge is 0.495 e. The van der Waals surface area contributed by atoms with E-state index >= 15 is 0 Å². The molecule has 0 saturated carbocycles. The van der Waals surface area contributed by atoms with E-state index in [1.165, 1.54) is 0 Å². The summed E-state index contributed by atoms with van der Waals surface area (Å²) in [6.07, 6.45) is 0.798. The van der Waals surface area contributed by atoms with Crippen molar-refractivity contribution < 1.29 is 14.3 Å². The molecule has 0 N–H and O–H groups in total. The number of methoxy groups -OCH3 is 1. The van der Waals surface area contributed by atoms with E-state index in [1.807, 2.05) is 12.1 Å². The van der Waals surface area contributed by atoms with Crippen LogP contribution >= 0.6 is 15.9 Å². The molecule has 0 fully saturated rings. The summed E-state index contributed by atoms with van der Waals surface area (Å²) in [5, 5.41) is 0. The Morgan fingerprint density at radius 1 is 1.06 bits per heavy atom. The maximum absolute atomic E-state index is 10.5. The van der Waals surface area contributed by atoms with Gasteiger partial charge in [0.05, 0.1) is 11.6 Å². The Morgan fingerprint density at radius 2 is 1.72 bits per heavy atom. The summed E-state index contributed by atoms with van der Waals surface area (Å²) in [7, 11) is 1.60. The SMILES string of the molecule is COc1cc(Oc2ccc(C=O)cc2)ccc1Br. The highest BCUT2D eigenvalue weighted by Crippen LogP contribution is 2.31. The maximum Gasteiger partial charge on any atom is 0.150 e. The average Bonchev–Trinajstić information content (AvgIpc) is 2.42. The zero-order valence-corrected chi connectivity index (χ0v) is 11.3. The van der Waals surface area contributed by atoms with Gasteiger partial charge in [-0.15, -0.1) is 0 Å². The van der Waals surface area contributed by atoms with Crippen LogP contribution in [0, 0.1) is 0 Å². The number of rotatable bonds is 4. The Kier molecular flexibility index (Phi) is 3.99. The summed E-state index contributed by atoms with van der Waals surface area (Å²) >= 11 is 3.38. The first-order valence-corrected chi connectivity index (χ1v) is 6.09. The molecule has 0 aliphatic rings. The molecule has 2 rings (SSSR count). The van der Waals surface area contributed by atoms with Gasteiger partial charge in [0.15, 0.2) is 0 Å². The molecule has 0 amide bonds. The van der Waals surface area contributed by atoms with Gasteiger partial charge in [-0.1, -0.05) is 0 Å². The van der Waals surface area contributed by atoms with Crippen LogP contribution in [0.2, 0.25) is 0 Å². The Balaban J connectivity index is 2.19. The van der Waals surface area contributed by atoms with E-state index < -0.39 is 0 Å². The van der Waals surface area contributed by atoms with Crippen LogP contribution in [0.15, 0.2) is 46.9 Å². The molecule has 4 heteroatoms. The predicted molar refractivity (Wildman–Crippen MR) is 72.6 cm³/mol. The Bertz CT molecular complexity index is 549. The molecule has 0 atom stereocenters. The topological polar surface area (TPSA) is 35.5 Å². The van der Waals surface area contributed by atoms with Gasteiger partial charge in [-0.25, -0.2) is 0 Å². The van der Waals surface area contributed by atoms with Gasteiger partial charge in [0.2, 0.25) is 0 Å². The van der Waals surface area contributed by atoms with Crippen LogP contribution in [0.5, 0.6) is 17.2 Å². The van der Waals surface area contributed by atoms with Gasteiger partial charge >= 0.3 is 0 Å². The second-order valence-corrected chi connectivity index (χ2v) is 4.44. The molecular weight excluding hydrogens is 296 g/mol. The first-order valence-electron chi connectivity index (χ1n) is 5.29. The number of carbonyl (C=O) groups excluding carboxylic acids is 1. The second kappa shape index (κ2) is 5.69. The van der Waals surface area contributed by atoms with Gasteiger partial charge in [-0.3, -0.25) is 4.79 Å². The number of hydrogen-bond acceptors (Lipinski definition) is 3. The van der Waals surface area contributed by atoms with Crippen LogP contribution in [0.25, 0.3) is 0 Å². The third-order valence-electron chi connectivity index (χ3n) is 2.37. The van der Waals surface area contributed by atoms with Gasteiger partial charge in [-0.05, 0) is 52.3 Å². The minimum atomic E-state index is 0.621. The molecule has 0 aliphatic carbocycles. The molecule has 0 heterocycles. The van der Waals surface area contributed by atoms with Crippen molar-refractivity contribution >= 4 is 22.2 Å². The summed E-state index contributed by atoms with van der Waals surface area (Å²) < 4.78 is 11.7. The van der Waals surface area contributed by atoms with Crippen molar-refractivity contribution in [2.24, 2.45) is 0 Å². The zero-order valence-electron chi connectivity index (χ0n) is 9.72. The van der Waals surface area contributed by atoms with E-state index in [2.05, 4.69) is 15.9 Å². The third-order valence-corrected chi connectivity index (χ3v) is 3.03. The summed E-state index contributed by atoms with van der Waals surface area (Å²) in [6.45, 7) is 0. The van der Waals surface area contributed by atoms with Gasteiger partial charge in [0, 0.05) is 11.6 Å². The van der Waals surface area contributed by atoms with Crippen LogP contribution in [-0.4, -0.2) is 13.4 Å². The zero-order chi connectivity index (χ0) is 13.0. The number of ether oxygens (including phenoxy) is 2. The minimum Gasteiger partial charge on any atom is -0.495 e. The molecule has 0 spiro atoms. The molecule has 2 aromatic rings. The normalized spacial score (nSPS) is 9.89. The number of carbonyl (C=O) groups is 1. The lowest BCUT2D eigenvalue weighted by Crippen LogP contribution is -1.88. The first-order chi connectivity index (χ1) is 8.72. The van der Waals surface area contributed by atoms with Crippen LogP contribution in [0.1, 0.15) is 10.4 Å². The molecule has 0 unspecified atom stereocenters. The van der Waals surface area contributed by atoms with E-state index in [0.29, 0.717) is 22.8 Å². The van der Waals surface area contributed by atoms with E-state index in [1.54, 1.807) is 37.4 Å². The summed E-state index contributed by atoms with van der Waals surface area (Å²) in [6, 6.07) is 12.4. The fourth-order valence-electron chi connectivity index (χ4n) is 1.45. The van der Waals surface area contributed by atoms with E-state index in [0.717, 1.165) is 10.8 Å². The Labute approximate surface area is 113 Å². The fourth-order valence-corrected chi connectivity index (χ4v) is 1.86. The lowest BCUT2D eigenvalue weighted by Gasteiger charge is -2.08. The van der Waals surface area contributed by atoms with Crippen molar-refractivity contribution in [2.75, 3.05) is 7.11 Å². The number of hydrogen-bond donors (Lipinski definition) is 0. The highest BCUT2D eigenvalue weighted by Gasteiger charge is 2.03. The molecular formula is C14H11BrO3. The Morgan fingerprint density at radius 3 is 2.33 bits per heavy atom. The van der Waals surface area contributed by atoms with Crippen molar-refractivity contribution in [1.29, 1.82) is 0 Å². The van der Waals surface area contributed by atoms with Crippen LogP contribution in [0.3, 0.4) is 0 Å². The third kappa shape index (κ3) is 2.90. The molecule has 0 radical (unpaired) electrons. The summed E-state index contributed by atoms with van der Waals surface area (Å²) in [5.41, 5.74) is 0.621. The summed E-state index contributed by atoms with van der Waals surface area (Å²) in [4.78, 5) is 10.5. The lowest BCUT2D eigenvalue weighted by molar-refractivity contribution is 0.112. The Hall–Kier alpha value is -1.81. The molecule has 3 nitrogen and oxygen atoms in total. The predicted octanol–water partition coefficient (Wildman–Crippen LogP) is 4.06. The molecule has 18 heavy (non-hydrogen) atoms. The van der Waals surface area contributed by atoms with Crippen LogP contribution < -0.4 is 9.47 Å². The van der Waals surface area contributed by atoms with Crippen molar-refractivity contribution in [3.05, 3.63) is 52.5 Å². The van der Waals surface area contributed by atoms with Crippen LogP contribution in [-0.2, 0) is 0 Å². The van der Waals surface area contributed by atoms with Crippen LogP contribution in [0.4, 0.5) is 0 Å². The lowest BCUT2D eigenvalue weighted by atomic mass is 10.2. The highest BCUT2D eigenvalue weighted by atomic mass is 79.9. The molecule has 92 valence electrons. The quantitative estimate of drug-likeness (QED) is 0.799. The maximum atomic E-state index is 10.5. The molecule has 2 aromatic carbocycles. The van der Waals surface area contributed by atoms with E-state index in [9.17, 15) is 4.79 Å². The fraction of sp³-hybridized carbons (Fsp3) is 0.0714. The smallest absolute Gasteiger partial charge is 0.150 e. The molecule has 0 saturated heterocycles. The number of halogens is 1. The second-order valence-electron chi connectivity index (χ2n) is 3.59. The molecule has 0 aromatic heterocycles. The molecule has 0 bridgehead atoms. The standard InChI is InChI=1S/C14H11BrO3/c1-17-14-8-12(6-7-13(14)15)18-11-4-2-10(9-16)3-5-11/h2-9H,1H3. The minimum absolute atomic E-state index is 0.621. The monoisotopic (exact) mass is 306 g/mol. The van der Waals surface area contributed by atoms with Crippen molar-refractivity contribution in [3.63, 3.8) is 0 Å². The number of aldehydes is 1. The summed E-state index contributed by atoms with van der Waals surface area (Å²) in [5.74, 6) is 2.05. The first kappa shape index (κ1) is 12.6. The van der Waals surface area contributed by atoms with Gasteiger partial charge < -0.3 is 9.47 Å². The molecule has 0 aliphatic heterocycles. The highest BCUT2D eigenvalue weighted by molar-refractivity contribution is 9.10. The van der Waals surface area contributed by atoms with E-state index in [-0.39, 0.29) is 0 Å². The van der Waals surface area contributed by atoms with E-state index in [4.69, 9.17) is 9.47 Å². The van der Waals surface area contributed by atoms with Gasteiger partial charge in [0.1, 0.15) is 23.5 Å². The van der Waals surface area contributed by atoms with Crippen molar-refractivity contribution in [3.8, 4) is 17.2 Å². The van der Waals surface area contributed by atoms with Gasteiger partial charge in [0.25, 0.3) is 0 Å². The number of benzene rings is 2. The van der Waals surface area contributed by atoms with Crippen molar-refractivity contribution in [1.82, 2.24) is 0 Å². The average molecular weight is 307 g/mol. The van der Waals surface area contributed by atoms with Crippen molar-refractivity contribution in [2.45, 2.75) is 0 Å². The van der Waals surface area contributed by atoms with Gasteiger partial charge in [-0.2, -0.15) is 0 Å².